The lowest BCUT2D eigenvalue weighted by molar-refractivity contribution is 0.412. The molecule has 1 N–H and O–H groups in total. The Morgan fingerprint density at radius 3 is 2.85 bits per heavy atom. The molecule has 2 aromatic rings. The number of aromatic nitrogens is 2. The number of methoxy groups -OCH3 is 1. The van der Waals surface area contributed by atoms with E-state index >= 15 is 0 Å². The number of nitrogens with zero attached hydrogens (tertiary/aromatic N) is 2. The molecule has 0 aliphatic rings. The smallest absolute Gasteiger partial charge is 0.133 e. The summed E-state index contributed by atoms with van der Waals surface area (Å²) < 4.78 is 8.47. The molecule has 0 bridgehead atoms. The Balaban J connectivity index is 2.21. The standard InChI is InChI=1S/C15H20BrN3O/c1-4-17-8-13-9-18-11(2)19(13)10-12-5-6-15(20-3)14(16)7-12/h5-7,9,17H,4,8,10H2,1-3H3. The fourth-order valence-corrected chi connectivity index (χ4v) is 2.70. The van der Waals surface area contributed by atoms with Crippen LogP contribution in [0.1, 0.15) is 24.0 Å². The molecule has 0 aliphatic heterocycles. The minimum absolute atomic E-state index is 0.815. The van der Waals surface area contributed by atoms with Gasteiger partial charge in [-0.1, -0.05) is 13.0 Å². The van der Waals surface area contributed by atoms with Crippen LogP contribution in [-0.4, -0.2) is 23.2 Å². The minimum Gasteiger partial charge on any atom is -0.496 e. The normalized spacial score (nSPS) is 10.8. The maximum absolute atomic E-state index is 5.26. The van der Waals surface area contributed by atoms with Crippen LogP contribution in [0.4, 0.5) is 0 Å². The van der Waals surface area contributed by atoms with Crippen molar-refractivity contribution in [3.63, 3.8) is 0 Å². The van der Waals surface area contributed by atoms with Gasteiger partial charge < -0.3 is 14.6 Å². The SMILES string of the molecule is CCNCc1cnc(C)n1Cc1ccc(OC)c(Br)c1. The largest absolute Gasteiger partial charge is 0.496 e. The van der Waals surface area contributed by atoms with Crippen molar-refractivity contribution in [3.05, 3.63) is 46.0 Å². The molecule has 0 radical (unpaired) electrons. The van der Waals surface area contributed by atoms with Crippen molar-refractivity contribution in [3.8, 4) is 5.75 Å². The van der Waals surface area contributed by atoms with Gasteiger partial charge in [-0.3, -0.25) is 0 Å². The summed E-state index contributed by atoms with van der Waals surface area (Å²) in [7, 11) is 1.67. The van der Waals surface area contributed by atoms with E-state index in [1.807, 2.05) is 19.2 Å². The number of hydrogen-bond donors (Lipinski definition) is 1. The molecule has 1 aromatic heterocycles. The summed E-state index contributed by atoms with van der Waals surface area (Å²) in [6.07, 6.45) is 1.94. The van der Waals surface area contributed by atoms with Crippen molar-refractivity contribution < 1.29 is 4.74 Å². The Morgan fingerprint density at radius 1 is 1.40 bits per heavy atom. The van der Waals surface area contributed by atoms with Crippen molar-refractivity contribution in [2.75, 3.05) is 13.7 Å². The molecule has 5 heteroatoms. The van der Waals surface area contributed by atoms with E-state index < -0.39 is 0 Å². The second-order valence-corrected chi connectivity index (χ2v) is 5.49. The predicted molar refractivity (Wildman–Crippen MR) is 84.1 cm³/mol. The van der Waals surface area contributed by atoms with E-state index in [1.165, 1.54) is 11.3 Å². The minimum atomic E-state index is 0.815. The number of hydrogen-bond acceptors (Lipinski definition) is 3. The summed E-state index contributed by atoms with van der Waals surface area (Å²) in [5.74, 6) is 1.88. The molecule has 0 atom stereocenters. The van der Waals surface area contributed by atoms with Gasteiger partial charge in [-0.05, 0) is 47.1 Å². The highest BCUT2D eigenvalue weighted by atomic mass is 79.9. The highest BCUT2D eigenvalue weighted by Gasteiger charge is 2.08. The molecule has 0 fully saturated rings. The van der Waals surface area contributed by atoms with Gasteiger partial charge in [0.05, 0.1) is 17.3 Å². The van der Waals surface area contributed by atoms with Crippen LogP contribution in [0.3, 0.4) is 0 Å². The van der Waals surface area contributed by atoms with Gasteiger partial charge in [-0.2, -0.15) is 0 Å². The summed E-state index contributed by atoms with van der Waals surface area (Å²) in [4.78, 5) is 4.41. The van der Waals surface area contributed by atoms with Gasteiger partial charge in [-0.15, -0.1) is 0 Å². The van der Waals surface area contributed by atoms with E-state index in [9.17, 15) is 0 Å². The van der Waals surface area contributed by atoms with Crippen molar-refractivity contribution in [1.82, 2.24) is 14.9 Å². The Morgan fingerprint density at radius 2 is 2.20 bits per heavy atom. The molecule has 0 aliphatic carbocycles. The van der Waals surface area contributed by atoms with Crippen molar-refractivity contribution in [1.29, 1.82) is 0 Å². The lowest BCUT2D eigenvalue weighted by atomic mass is 10.2. The molecule has 4 nitrogen and oxygen atoms in total. The second-order valence-electron chi connectivity index (χ2n) is 4.63. The van der Waals surface area contributed by atoms with Crippen molar-refractivity contribution >= 4 is 15.9 Å². The predicted octanol–water partition coefficient (Wildman–Crippen LogP) is 3.12. The third-order valence-electron chi connectivity index (χ3n) is 3.25. The number of benzene rings is 1. The van der Waals surface area contributed by atoms with Gasteiger partial charge in [-0.25, -0.2) is 4.98 Å². The first-order valence-electron chi connectivity index (χ1n) is 6.69. The fourth-order valence-electron chi connectivity index (χ4n) is 2.12. The van der Waals surface area contributed by atoms with Crippen LogP contribution < -0.4 is 10.1 Å². The molecular formula is C15H20BrN3O. The van der Waals surface area contributed by atoms with Crippen LogP contribution in [-0.2, 0) is 13.1 Å². The third kappa shape index (κ3) is 3.41. The van der Waals surface area contributed by atoms with E-state index in [-0.39, 0.29) is 0 Å². The maximum atomic E-state index is 5.26. The van der Waals surface area contributed by atoms with Crippen LogP contribution in [0.5, 0.6) is 5.75 Å². The van der Waals surface area contributed by atoms with Crippen LogP contribution >= 0.6 is 15.9 Å². The number of nitrogens with one attached hydrogen (secondary N) is 1. The molecule has 2 rings (SSSR count). The highest BCUT2D eigenvalue weighted by Crippen LogP contribution is 2.26. The van der Waals surface area contributed by atoms with E-state index in [0.717, 1.165) is 35.7 Å². The summed E-state index contributed by atoms with van der Waals surface area (Å²) in [5, 5.41) is 3.34. The van der Waals surface area contributed by atoms with Gasteiger partial charge in [0.1, 0.15) is 11.6 Å². The van der Waals surface area contributed by atoms with E-state index in [4.69, 9.17) is 4.74 Å². The number of imidazole rings is 1. The Hall–Kier alpha value is -1.33. The number of aryl methyl sites for hydroxylation is 1. The Bertz CT molecular complexity index is 580. The van der Waals surface area contributed by atoms with Crippen molar-refractivity contribution in [2.24, 2.45) is 0 Å². The molecule has 0 saturated heterocycles. The van der Waals surface area contributed by atoms with Crippen LogP contribution in [0.2, 0.25) is 0 Å². The summed E-state index contributed by atoms with van der Waals surface area (Å²) in [6.45, 7) is 6.75. The monoisotopic (exact) mass is 337 g/mol. The molecule has 1 aromatic carbocycles. The third-order valence-corrected chi connectivity index (χ3v) is 3.87. The molecule has 20 heavy (non-hydrogen) atoms. The fraction of sp³-hybridized carbons (Fsp3) is 0.400. The molecule has 108 valence electrons. The Kier molecular flexibility index (Phi) is 5.20. The zero-order chi connectivity index (χ0) is 14.5. The highest BCUT2D eigenvalue weighted by molar-refractivity contribution is 9.10. The van der Waals surface area contributed by atoms with Crippen LogP contribution in [0.15, 0.2) is 28.9 Å². The second kappa shape index (κ2) is 6.90. The maximum Gasteiger partial charge on any atom is 0.133 e. The first-order valence-corrected chi connectivity index (χ1v) is 7.49. The molecular weight excluding hydrogens is 318 g/mol. The van der Waals surface area contributed by atoms with E-state index in [0.29, 0.717) is 0 Å². The summed E-state index contributed by atoms with van der Waals surface area (Å²) in [6, 6.07) is 6.16. The molecule has 0 unspecified atom stereocenters. The first kappa shape index (κ1) is 15.1. The van der Waals surface area contributed by atoms with Gasteiger partial charge in [0.2, 0.25) is 0 Å². The van der Waals surface area contributed by atoms with Crippen molar-refractivity contribution in [2.45, 2.75) is 26.9 Å². The number of halogens is 1. The molecule has 1 heterocycles. The van der Waals surface area contributed by atoms with Gasteiger partial charge in [0, 0.05) is 19.3 Å². The average molecular weight is 338 g/mol. The first-order chi connectivity index (χ1) is 9.65. The number of rotatable bonds is 6. The summed E-state index contributed by atoms with van der Waals surface area (Å²) in [5.41, 5.74) is 2.42. The zero-order valence-electron chi connectivity index (χ0n) is 12.1. The van der Waals surface area contributed by atoms with Crippen LogP contribution in [0.25, 0.3) is 0 Å². The van der Waals surface area contributed by atoms with Gasteiger partial charge >= 0.3 is 0 Å². The van der Waals surface area contributed by atoms with Crippen LogP contribution in [0, 0.1) is 6.92 Å². The van der Waals surface area contributed by atoms with Gasteiger partial charge in [0.25, 0.3) is 0 Å². The quantitative estimate of drug-likeness (QED) is 0.880. The zero-order valence-corrected chi connectivity index (χ0v) is 13.7. The van der Waals surface area contributed by atoms with E-state index in [1.54, 1.807) is 7.11 Å². The average Bonchev–Trinajstić information content (AvgIpc) is 2.78. The van der Waals surface area contributed by atoms with Gasteiger partial charge in [0.15, 0.2) is 0 Å². The Labute approximate surface area is 128 Å². The lowest BCUT2D eigenvalue weighted by Crippen LogP contribution is -2.16. The topological polar surface area (TPSA) is 39.1 Å². The molecule has 0 saturated carbocycles. The molecule has 0 spiro atoms. The molecule has 0 amide bonds. The summed E-state index contributed by atoms with van der Waals surface area (Å²) >= 11 is 3.53. The number of ether oxygens (including phenoxy) is 1. The van der Waals surface area contributed by atoms with E-state index in [2.05, 4.69) is 49.9 Å². The lowest BCUT2D eigenvalue weighted by Gasteiger charge is -2.12.